The predicted octanol–water partition coefficient (Wildman–Crippen LogP) is 6.03. The van der Waals surface area contributed by atoms with Gasteiger partial charge in [-0.15, -0.1) is 20.5 Å². The highest BCUT2D eigenvalue weighted by Crippen LogP contribution is 2.29. The van der Waals surface area contributed by atoms with E-state index >= 15 is 0 Å². The number of carbonyl (C=O) groups is 2. The average molecular weight is 571 g/mol. The van der Waals surface area contributed by atoms with E-state index in [9.17, 15) is 19.8 Å². The van der Waals surface area contributed by atoms with Gasteiger partial charge in [0.05, 0.1) is 26.4 Å². The quantitative estimate of drug-likeness (QED) is 0.0803. The fourth-order valence-electron chi connectivity index (χ4n) is 2.98. The molecule has 0 aliphatic rings. The van der Waals surface area contributed by atoms with Crippen LogP contribution in [0.25, 0.3) is 0 Å². The van der Waals surface area contributed by atoms with Gasteiger partial charge in [-0.05, 0) is 52.0 Å². The molecular weight excluding hydrogens is 536 g/mol. The molecule has 2 aromatic carbocycles. The minimum Gasteiger partial charge on any atom is -0.510 e. The number of esters is 2. The SMILES string of the molecule is CCOC(=O)/C(N=Nc1ccccc1OCCOCCOc1ccccc1N=N/C(C(=O)OCC)=C(/C)O)=C(\C)O. The van der Waals surface area contributed by atoms with E-state index in [0.717, 1.165) is 0 Å². The van der Waals surface area contributed by atoms with Crippen LogP contribution in [0.4, 0.5) is 11.4 Å². The molecule has 2 N–H and O–H groups in total. The van der Waals surface area contributed by atoms with E-state index in [0.29, 0.717) is 22.9 Å². The summed E-state index contributed by atoms with van der Waals surface area (Å²) in [5.41, 5.74) is 0.101. The van der Waals surface area contributed by atoms with Crippen LogP contribution in [0, 0.1) is 0 Å². The summed E-state index contributed by atoms with van der Waals surface area (Å²) in [7, 11) is 0. The highest BCUT2D eigenvalue weighted by Gasteiger charge is 2.15. The highest BCUT2D eigenvalue weighted by atomic mass is 16.5. The van der Waals surface area contributed by atoms with Crippen LogP contribution in [0.15, 0.2) is 91.9 Å². The molecule has 0 fully saturated rings. The number of azo groups is 2. The number of rotatable bonds is 16. The summed E-state index contributed by atoms with van der Waals surface area (Å²) >= 11 is 0. The van der Waals surface area contributed by atoms with Crippen molar-refractivity contribution in [3.8, 4) is 11.5 Å². The van der Waals surface area contributed by atoms with Gasteiger partial charge in [-0.3, -0.25) is 0 Å². The molecule has 0 amide bonds. The Kier molecular flexibility index (Phi) is 14.0. The number of aliphatic hydroxyl groups excluding tert-OH is 2. The first kappa shape index (κ1) is 32.4. The maximum Gasteiger partial charge on any atom is 0.362 e. The van der Waals surface area contributed by atoms with Crippen molar-refractivity contribution in [2.45, 2.75) is 27.7 Å². The fourth-order valence-corrected chi connectivity index (χ4v) is 2.98. The van der Waals surface area contributed by atoms with Gasteiger partial charge >= 0.3 is 11.9 Å². The van der Waals surface area contributed by atoms with Crippen LogP contribution in [-0.2, 0) is 23.8 Å². The number of benzene rings is 2. The van der Waals surface area contributed by atoms with Crippen LogP contribution < -0.4 is 9.47 Å². The summed E-state index contributed by atoms with van der Waals surface area (Å²) in [6.45, 7) is 7.05. The summed E-state index contributed by atoms with van der Waals surface area (Å²) in [6.07, 6.45) is 0. The molecule has 2 rings (SSSR count). The summed E-state index contributed by atoms with van der Waals surface area (Å²) < 4.78 is 26.8. The van der Waals surface area contributed by atoms with Crippen molar-refractivity contribution in [1.29, 1.82) is 0 Å². The monoisotopic (exact) mass is 570 g/mol. The highest BCUT2D eigenvalue weighted by molar-refractivity contribution is 5.88. The molecule has 41 heavy (non-hydrogen) atoms. The van der Waals surface area contributed by atoms with E-state index < -0.39 is 11.9 Å². The van der Waals surface area contributed by atoms with Crippen LogP contribution >= 0.6 is 0 Å². The van der Waals surface area contributed by atoms with Crippen molar-refractivity contribution >= 4 is 23.3 Å². The van der Waals surface area contributed by atoms with Crippen molar-refractivity contribution in [2.75, 3.05) is 39.6 Å². The fraction of sp³-hybridized carbons (Fsp3) is 0.357. The van der Waals surface area contributed by atoms with Gasteiger partial charge in [0, 0.05) is 0 Å². The van der Waals surface area contributed by atoms with Crippen molar-refractivity contribution < 1.29 is 43.5 Å². The second-order valence-corrected chi connectivity index (χ2v) is 7.95. The lowest BCUT2D eigenvalue weighted by atomic mass is 10.3. The molecule has 13 heteroatoms. The molecule has 0 aromatic heterocycles. The number of nitrogens with zero attached hydrogens (tertiary/aromatic N) is 4. The van der Waals surface area contributed by atoms with Gasteiger partial charge in [0.1, 0.15) is 47.6 Å². The Bertz CT molecular complexity index is 1180. The second kappa shape index (κ2) is 17.7. The summed E-state index contributed by atoms with van der Waals surface area (Å²) in [5.74, 6) is -1.38. The van der Waals surface area contributed by atoms with E-state index in [4.69, 9.17) is 23.7 Å². The Balaban J connectivity index is 1.87. The van der Waals surface area contributed by atoms with Crippen LogP contribution in [0.1, 0.15) is 27.7 Å². The molecular formula is C28H34N4O9. The lowest BCUT2D eigenvalue weighted by molar-refractivity contribution is -0.139. The molecule has 0 heterocycles. The number of hydrogen-bond donors (Lipinski definition) is 2. The van der Waals surface area contributed by atoms with E-state index in [-0.39, 0.29) is 62.6 Å². The summed E-state index contributed by atoms with van der Waals surface area (Å²) in [4.78, 5) is 23.9. The Hall–Kier alpha value is -4.78. The van der Waals surface area contributed by atoms with Gasteiger partial charge in [0.2, 0.25) is 11.4 Å². The first-order chi connectivity index (χ1) is 19.8. The molecule has 0 unspecified atom stereocenters. The van der Waals surface area contributed by atoms with Crippen molar-refractivity contribution in [1.82, 2.24) is 0 Å². The number of carbonyl (C=O) groups excluding carboxylic acids is 2. The third-order valence-corrected chi connectivity index (χ3v) is 4.84. The van der Waals surface area contributed by atoms with Crippen LogP contribution in [-0.4, -0.2) is 61.8 Å². The zero-order valence-electron chi connectivity index (χ0n) is 23.4. The van der Waals surface area contributed by atoms with E-state index in [1.165, 1.54) is 13.8 Å². The van der Waals surface area contributed by atoms with Gasteiger partial charge in [0.25, 0.3) is 0 Å². The normalized spacial score (nSPS) is 12.6. The maximum atomic E-state index is 11.9. The maximum absolute atomic E-state index is 11.9. The first-order valence-corrected chi connectivity index (χ1v) is 12.8. The number of aliphatic hydroxyl groups is 2. The molecule has 0 aliphatic carbocycles. The van der Waals surface area contributed by atoms with Gasteiger partial charge in [-0.2, -0.15) is 0 Å². The van der Waals surface area contributed by atoms with Gasteiger partial charge < -0.3 is 33.9 Å². The minimum atomic E-state index is -0.783. The van der Waals surface area contributed by atoms with Crippen molar-refractivity contribution in [2.24, 2.45) is 20.5 Å². The molecule has 0 spiro atoms. The van der Waals surface area contributed by atoms with E-state index in [1.54, 1.807) is 62.4 Å². The third kappa shape index (κ3) is 11.1. The second-order valence-electron chi connectivity index (χ2n) is 7.95. The van der Waals surface area contributed by atoms with Crippen LogP contribution in [0.5, 0.6) is 11.5 Å². The number of hydrogen-bond acceptors (Lipinski definition) is 13. The summed E-state index contributed by atoms with van der Waals surface area (Å²) in [5, 5.41) is 35.1. The van der Waals surface area contributed by atoms with Crippen LogP contribution in [0.2, 0.25) is 0 Å². The average Bonchev–Trinajstić information content (AvgIpc) is 2.94. The minimum absolute atomic E-state index is 0.132. The van der Waals surface area contributed by atoms with E-state index in [2.05, 4.69) is 20.5 Å². The number of para-hydroxylation sites is 2. The Morgan fingerprint density at radius 3 is 1.41 bits per heavy atom. The molecule has 0 radical (unpaired) electrons. The van der Waals surface area contributed by atoms with Gasteiger partial charge in [-0.1, -0.05) is 24.3 Å². The zero-order valence-corrected chi connectivity index (χ0v) is 23.4. The van der Waals surface area contributed by atoms with Gasteiger partial charge in [0.15, 0.2) is 0 Å². The van der Waals surface area contributed by atoms with Gasteiger partial charge in [-0.25, -0.2) is 9.59 Å². The van der Waals surface area contributed by atoms with Crippen LogP contribution in [0.3, 0.4) is 0 Å². The Labute approximate surface area is 237 Å². The predicted molar refractivity (Wildman–Crippen MR) is 148 cm³/mol. The number of allylic oxidation sites excluding steroid dienone is 2. The van der Waals surface area contributed by atoms with E-state index in [1.807, 2.05) is 0 Å². The molecule has 13 nitrogen and oxygen atoms in total. The molecule has 0 bridgehead atoms. The molecule has 0 saturated carbocycles. The Morgan fingerprint density at radius 1 is 0.659 bits per heavy atom. The zero-order chi connectivity index (χ0) is 30.0. The molecule has 2 aromatic rings. The standard InChI is InChI=1S/C28H34N4O9/c1-5-38-27(35)25(19(3)33)31-29-21-11-7-9-13-23(21)40-17-15-37-16-18-41-24-14-10-8-12-22(24)30-32-26(20(4)34)28(36)39-6-2/h7-14,33-34H,5-6,15-18H2,1-4H3/b25-19-,26-20-,31-29?,32-30?. The molecule has 220 valence electrons. The Morgan fingerprint density at radius 2 is 1.05 bits per heavy atom. The smallest absolute Gasteiger partial charge is 0.362 e. The first-order valence-electron chi connectivity index (χ1n) is 12.8. The largest absolute Gasteiger partial charge is 0.510 e. The third-order valence-electron chi connectivity index (χ3n) is 4.84. The van der Waals surface area contributed by atoms with Crippen molar-refractivity contribution in [3.63, 3.8) is 0 Å². The topological polar surface area (TPSA) is 170 Å². The molecule has 0 saturated heterocycles. The number of ether oxygens (including phenoxy) is 5. The summed E-state index contributed by atoms with van der Waals surface area (Å²) in [6, 6.07) is 13.6. The molecule has 0 aliphatic heterocycles. The lowest BCUT2D eigenvalue weighted by Gasteiger charge is -2.10. The molecule has 0 atom stereocenters. The lowest BCUT2D eigenvalue weighted by Crippen LogP contribution is -2.12. The van der Waals surface area contributed by atoms with Crippen molar-refractivity contribution in [3.05, 3.63) is 71.4 Å².